The van der Waals surface area contributed by atoms with Crippen molar-refractivity contribution in [2.45, 2.75) is 57.4 Å². The van der Waals surface area contributed by atoms with E-state index in [1.165, 1.54) is 9.80 Å². The Morgan fingerprint density at radius 3 is 2.54 bits per heavy atom. The number of carbonyl (C=O) groups excluding carboxylic acids is 3. The van der Waals surface area contributed by atoms with E-state index in [0.29, 0.717) is 13.3 Å². The molecule has 2 N–H and O–H groups in total. The predicted molar refractivity (Wildman–Crippen MR) is 86.1 cm³/mol. The molecule has 1 aliphatic carbocycles. The lowest BCUT2D eigenvalue weighted by atomic mass is 9.82. The van der Waals surface area contributed by atoms with Crippen LogP contribution in [0.1, 0.15) is 51.9 Å². The van der Waals surface area contributed by atoms with Crippen molar-refractivity contribution in [3.05, 3.63) is 0 Å². The normalized spacial score (nSPS) is 29.6. The highest BCUT2D eigenvalue weighted by Gasteiger charge is 2.52. The molecule has 1 spiro atoms. The van der Waals surface area contributed by atoms with Crippen molar-refractivity contribution in [2.24, 2.45) is 5.92 Å². The van der Waals surface area contributed by atoms with E-state index >= 15 is 0 Å². The Bertz CT molecular complexity index is 508. The average Bonchev–Trinajstić information content (AvgIpc) is 2.80. The fourth-order valence-electron chi connectivity index (χ4n) is 4.22. The van der Waals surface area contributed by atoms with Crippen molar-refractivity contribution in [2.75, 3.05) is 26.4 Å². The summed E-state index contributed by atoms with van der Waals surface area (Å²) in [7, 11) is 0. The number of carbonyl (C=O) groups is 3. The van der Waals surface area contributed by atoms with Crippen molar-refractivity contribution in [3.63, 3.8) is 0 Å². The highest BCUT2D eigenvalue weighted by atomic mass is 16.5. The lowest BCUT2D eigenvalue weighted by molar-refractivity contribution is -0.913. The second kappa shape index (κ2) is 7.09. The molecule has 0 atom stereocenters. The van der Waals surface area contributed by atoms with Crippen molar-refractivity contribution in [1.29, 1.82) is 0 Å². The average molecular weight is 338 g/mol. The Morgan fingerprint density at radius 2 is 1.92 bits per heavy atom. The van der Waals surface area contributed by atoms with E-state index in [9.17, 15) is 14.4 Å². The summed E-state index contributed by atoms with van der Waals surface area (Å²) in [6.45, 7) is 4.20. The minimum absolute atomic E-state index is 0.0403. The zero-order chi connectivity index (χ0) is 17.2. The Labute approximate surface area is 142 Å². The third-order valence-corrected chi connectivity index (χ3v) is 5.65. The lowest BCUT2D eigenvalue weighted by Gasteiger charge is -2.32. The minimum atomic E-state index is -0.641. The van der Waals surface area contributed by atoms with Gasteiger partial charge in [-0.2, -0.15) is 0 Å². The van der Waals surface area contributed by atoms with E-state index in [4.69, 9.17) is 4.74 Å². The van der Waals surface area contributed by atoms with Crippen LogP contribution in [0.5, 0.6) is 0 Å². The number of piperidine rings is 1. The molecular weight excluding hydrogens is 310 g/mol. The molecule has 0 unspecified atom stereocenters. The maximum absolute atomic E-state index is 12.8. The SMILES string of the molecule is CCOC(=O)C1CC[NH+](CN2C(=O)NC3(CCCCC3)C2=O)CC1. The van der Waals surface area contributed by atoms with Gasteiger partial charge in [0, 0.05) is 12.8 Å². The molecule has 3 rings (SSSR count). The standard InChI is InChI=1S/C17H27N3O4/c1-2-24-14(21)13-6-10-19(11-7-13)12-20-15(22)17(18-16(20)23)8-4-3-5-9-17/h13H,2-12H2,1H3,(H,18,23)/p+1. The van der Waals surface area contributed by atoms with Gasteiger partial charge in [0.15, 0.2) is 6.67 Å². The molecule has 2 saturated heterocycles. The molecule has 2 heterocycles. The van der Waals surface area contributed by atoms with Crippen LogP contribution in [0.2, 0.25) is 0 Å². The fourth-order valence-corrected chi connectivity index (χ4v) is 4.22. The number of ether oxygens (including phenoxy) is 1. The molecule has 3 amide bonds. The third kappa shape index (κ3) is 3.27. The number of likely N-dealkylation sites (tertiary alicyclic amines) is 1. The van der Waals surface area contributed by atoms with Crippen LogP contribution in [-0.4, -0.2) is 54.7 Å². The number of rotatable bonds is 4. The summed E-state index contributed by atoms with van der Waals surface area (Å²) >= 11 is 0. The predicted octanol–water partition coefficient (Wildman–Crippen LogP) is 0.0566. The van der Waals surface area contributed by atoms with Crippen molar-refractivity contribution < 1.29 is 24.0 Å². The Morgan fingerprint density at radius 1 is 1.25 bits per heavy atom. The molecule has 0 aromatic heterocycles. The van der Waals surface area contributed by atoms with Gasteiger partial charge in [-0.1, -0.05) is 19.3 Å². The van der Waals surface area contributed by atoms with Gasteiger partial charge in [-0.3, -0.25) is 9.59 Å². The van der Waals surface area contributed by atoms with E-state index in [0.717, 1.165) is 58.0 Å². The largest absolute Gasteiger partial charge is 0.466 e. The molecule has 0 aromatic rings. The summed E-state index contributed by atoms with van der Waals surface area (Å²) in [5.74, 6) is -0.207. The van der Waals surface area contributed by atoms with E-state index in [-0.39, 0.29) is 23.8 Å². The first kappa shape index (κ1) is 17.2. The molecular formula is C17H28N3O4+. The van der Waals surface area contributed by atoms with E-state index in [2.05, 4.69) is 5.32 Å². The molecule has 2 aliphatic heterocycles. The number of esters is 1. The van der Waals surface area contributed by atoms with Gasteiger partial charge in [0.1, 0.15) is 5.54 Å². The van der Waals surface area contributed by atoms with Gasteiger partial charge in [-0.15, -0.1) is 0 Å². The van der Waals surface area contributed by atoms with E-state index < -0.39 is 5.54 Å². The number of imide groups is 1. The Kier molecular flexibility index (Phi) is 5.08. The number of nitrogens with one attached hydrogen (secondary N) is 2. The molecule has 3 aliphatic rings. The van der Waals surface area contributed by atoms with Gasteiger partial charge in [0.05, 0.1) is 25.6 Å². The van der Waals surface area contributed by atoms with Crippen LogP contribution >= 0.6 is 0 Å². The van der Waals surface area contributed by atoms with Crippen molar-refractivity contribution in [1.82, 2.24) is 10.2 Å². The first-order valence-corrected chi connectivity index (χ1v) is 9.20. The van der Waals surface area contributed by atoms with Gasteiger partial charge in [0.2, 0.25) is 0 Å². The smallest absolute Gasteiger partial charge is 0.329 e. The number of urea groups is 1. The number of nitrogens with zero attached hydrogens (tertiary/aromatic N) is 1. The second-order valence-electron chi connectivity index (χ2n) is 7.24. The molecule has 7 nitrogen and oxygen atoms in total. The monoisotopic (exact) mass is 338 g/mol. The van der Waals surface area contributed by atoms with Crippen LogP contribution in [0.25, 0.3) is 0 Å². The first-order valence-electron chi connectivity index (χ1n) is 9.20. The van der Waals surface area contributed by atoms with Gasteiger partial charge in [0.25, 0.3) is 5.91 Å². The maximum atomic E-state index is 12.8. The molecule has 0 bridgehead atoms. The van der Waals surface area contributed by atoms with Crippen molar-refractivity contribution >= 4 is 17.9 Å². The summed E-state index contributed by atoms with van der Waals surface area (Å²) < 4.78 is 5.08. The summed E-state index contributed by atoms with van der Waals surface area (Å²) in [6.07, 6.45) is 6.15. The van der Waals surface area contributed by atoms with E-state index in [1.54, 1.807) is 0 Å². The molecule has 3 fully saturated rings. The van der Waals surface area contributed by atoms with Gasteiger partial charge in [-0.05, 0) is 19.8 Å². The highest BCUT2D eigenvalue weighted by Crippen LogP contribution is 2.33. The van der Waals surface area contributed by atoms with Crippen LogP contribution < -0.4 is 10.2 Å². The third-order valence-electron chi connectivity index (χ3n) is 5.65. The van der Waals surface area contributed by atoms with Crippen LogP contribution in [0.15, 0.2) is 0 Å². The first-order chi connectivity index (χ1) is 11.6. The van der Waals surface area contributed by atoms with Crippen LogP contribution in [0.3, 0.4) is 0 Å². The summed E-state index contributed by atoms with van der Waals surface area (Å²) in [5, 5.41) is 2.95. The summed E-state index contributed by atoms with van der Waals surface area (Å²) in [5.41, 5.74) is -0.641. The number of amides is 3. The Balaban J connectivity index is 1.54. The zero-order valence-corrected chi connectivity index (χ0v) is 14.4. The number of quaternary nitrogens is 1. The lowest BCUT2D eigenvalue weighted by Crippen LogP contribution is -3.14. The Hall–Kier alpha value is -1.63. The maximum Gasteiger partial charge on any atom is 0.329 e. The minimum Gasteiger partial charge on any atom is -0.466 e. The summed E-state index contributed by atoms with van der Waals surface area (Å²) in [4.78, 5) is 39.5. The molecule has 134 valence electrons. The highest BCUT2D eigenvalue weighted by molar-refractivity contribution is 6.06. The van der Waals surface area contributed by atoms with Crippen LogP contribution in [0.4, 0.5) is 4.79 Å². The van der Waals surface area contributed by atoms with Gasteiger partial charge < -0.3 is 15.0 Å². The molecule has 0 aromatic carbocycles. The van der Waals surface area contributed by atoms with Crippen LogP contribution in [-0.2, 0) is 14.3 Å². The molecule has 1 saturated carbocycles. The number of hydrogen-bond donors (Lipinski definition) is 2. The topological polar surface area (TPSA) is 80.2 Å². The molecule has 24 heavy (non-hydrogen) atoms. The quantitative estimate of drug-likeness (QED) is 0.561. The zero-order valence-electron chi connectivity index (χ0n) is 14.4. The van der Waals surface area contributed by atoms with E-state index in [1.807, 2.05) is 6.92 Å². The van der Waals surface area contributed by atoms with Gasteiger partial charge >= 0.3 is 12.0 Å². The molecule has 7 heteroatoms. The van der Waals surface area contributed by atoms with Crippen LogP contribution in [0, 0.1) is 5.92 Å². The van der Waals surface area contributed by atoms with Gasteiger partial charge in [-0.25, -0.2) is 9.69 Å². The second-order valence-corrected chi connectivity index (χ2v) is 7.24. The molecule has 0 radical (unpaired) electrons. The fraction of sp³-hybridized carbons (Fsp3) is 0.824. The number of hydrogen-bond acceptors (Lipinski definition) is 4. The van der Waals surface area contributed by atoms with Crippen molar-refractivity contribution in [3.8, 4) is 0 Å². The summed E-state index contributed by atoms with van der Waals surface area (Å²) in [6, 6.07) is -0.248.